The first kappa shape index (κ1) is 18.4. The fraction of sp³-hybridized carbons (Fsp3) is 0.333. The summed E-state index contributed by atoms with van der Waals surface area (Å²) >= 11 is 0. The minimum Gasteiger partial charge on any atom is -0.466 e. The van der Waals surface area contributed by atoms with Crippen LogP contribution in [0.4, 0.5) is 5.69 Å². The summed E-state index contributed by atoms with van der Waals surface area (Å²) in [6.45, 7) is 1.91. The average molecular weight is 345 g/mol. The number of carbonyl (C=O) groups is 2. The van der Waals surface area contributed by atoms with Crippen LogP contribution in [0.1, 0.15) is 24.8 Å². The van der Waals surface area contributed by atoms with Crippen molar-refractivity contribution >= 4 is 17.6 Å². The molecular weight excluding hydrogens is 326 g/mol. The Balaban J connectivity index is 2.71. The summed E-state index contributed by atoms with van der Waals surface area (Å²) < 4.78 is 9.68. The van der Waals surface area contributed by atoms with Crippen molar-refractivity contribution in [2.45, 2.75) is 19.3 Å². The van der Waals surface area contributed by atoms with Gasteiger partial charge in [0.05, 0.1) is 25.1 Å². The summed E-state index contributed by atoms with van der Waals surface area (Å²) in [5.74, 6) is -2.33. The van der Waals surface area contributed by atoms with Gasteiger partial charge in [-0.2, -0.15) is 0 Å². The first-order valence-electron chi connectivity index (χ1n) is 7.77. The van der Waals surface area contributed by atoms with Crippen LogP contribution in [-0.4, -0.2) is 31.1 Å². The standard InChI is InChI=1S/C18H19NO6/c1-4-11-9-13(17(20)24-2)16(14(10-11)18(21)25-3)12-7-5-6-8-15(12)19(22)23/h5-11,16H,4H2,1-3H3. The number of esters is 2. The molecule has 7 nitrogen and oxygen atoms in total. The third-order valence-corrected chi connectivity index (χ3v) is 4.17. The van der Waals surface area contributed by atoms with Crippen LogP contribution in [-0.2, 0) is 19.1 Å². The van der Waals surface area contributed by atoms with Gasteiger partial charge in [0.2, 0.25) is 0 Å². The molecule has 25 heavy (non-hydrogen) atoms. The van der Waals surface area contributed by atoms with Gasteiger partial charge in [-0.05, 0) is 12.3 Å². The van der Waals surface area contributed by atoms with Crippen molar-refractivity contribution in [2.75, 3.05) is 14.2 Å². The molecule has 0 saturated heterocycles. The highest BCUT2D eigenvalue weighted by Gasteiger charge is 2.38. The Morgan fingerprint density at radius 2 is 1.60 bits per heavy atom. The van der Waals surface area contributed by atoms with Gasteiger partial charge in [-0.15, -0.1) is 0 Å². The van der Waals surface area contributed by atoms with E-state index in [-0.39, 0.29) is 28.3 Å². The molecule has 0 saturated carbocycles. The molecule has 0 amide bonds. The topological polar surface area (TPSA) is 95.7 Å². The van der Waals surface area contributed by atoms with Crippen LogP contribution in [0, 0.1) is 16.0 Å². The third-order valence-electron chi connectivity index (χ3n) is 4.17. The molecule has 0 bridgehead atoms. The Bertz CT molecular complexity index is 731. The van der Waals surface area contributed by atoms with E-state index >= 15 is 0 Å². The Morgan fingerprint density at radius 3 is 2.04 bits per heavy atom. The van der Waals surface area contributed by atoms with Gasteiger partial charge in [-0.1, -0.05) is 37.3 Å². The smallest absolute Gasteiger partial charge is 0.334 e. The zero-order valence-electron chi connectivity index (χ0n) is 14.2. The molecule has 2 rings (SSSR count). The number of hydrogen-bond acceptors (Lipinski definition) is 6. The molecule has 0 radical (unpaired) electrons. The van der Waals surface area contributed by atoms with E-state index in [1.807, 2.05) is 6.92 Å². The molecule has 0 spiro atoms. The predicted octanol–water partition coefficient (Wildman–Crippen LogP) is 2.92. The second-order valence-corrected chi connectivity index (χ2v) is 5.55. The number of carbonyl (C=O) groups excluding carboxylic acids is 2. The van der Waals surface area contributed by atoms with Crippen molar-refractivity contribution in [2.24, 2.45) is 5.92 Å². The van der Waals surface area contributed by atoms with E-state index in [0.717, 1.165) is 0 Å². The summed E-state index contributed by atoms with van der Waals surface area (Å²) in [7, 11) is 2.47. The van der Waals surface area contributed by atoms with E-state index in [2.05, 4.69) is 0 Å². The molecule has 0 N–H and O–H groups in total. The van der Waals surface area contributed by atoms with Crippen LogP contribution in [0.15, 0.2) is 47.6 Å². The number of ether oxygens (including phenoxy) is 2. The summed E-state index contributed by atoms with van der Waals surface area (Å²) in [5, 5.41) is 11.4. The molecule has 132 valence electrons. The molecule has 0 aromatic heterocycles. The quantitative estimate of drug-likeness (QED) is 0.462. The van der Waals surface area contributed by atoms with Crippen molar-refractivity contribution < 1.29 is 24.0 Å². The molecule has 0 fully saturated rings. The van der Waals surface area contributed by atoms with E-state index in [1.54, 1.807) is 18.2 Å². The van der Waals surface area contributed by atoms with Gasteiger partial charge >= 0.3 is 11.9 Å². The lowest BCUT2D eigenvalue weighted by Crippen LogP contribution is -2.25. The minimum atomic E-state index is -0.913. The van der Waals surface area contributed by atoms with Crippen LogP contribution in [0.25, 0.3) is 0 Å². The van der Waals surface area contributed by atoms with Gasteiger partial charge in [-0.25, -0.2) is 9.59 Å². The number of rotatable bonds is 5. The number of allylic oxidation sites excluding steroid dienone is 2. The average Bonchev–Trinajstić information content (AvgIpc) is 2.65. The maximum absolute atomic E-state index is 12.3. The summed E-state index contributed by atoms with van der Waals surface area (Å²) in [5.41, 5.74) is 0.473. The highest BCUT2D eigenvalue weighted by Crippen LogP contribution is 2.42. The number of methoxy groups -OCH3 is 2. The monoisotopic (exact) mass is 345 g/mol. The first-order valence-corrected chi connectivity index (χ1v) is 7.77. The van der Waals surface area contributed by atoms with Gasteiger partial charge in [0, 0.05) is 22.8 Å². The third kappa shape index (κ3) is 3.60. The first-order chi connectivity index (χ1) is 11.9. The Hall–Kier alpha value is -2.96. The van der Waals surface area contributed by atoms with Crippen LogP contribution in [0.5, 0.6) is 0 Å². The van der Waals surface area contributed by atoms with Crippen LogP contribution < -0.4 is 0 Å². The second kappa shape index (κ2) is 7.74. The number of nitrogens with zero attached hydrogens (tertiary/aromatic N) is 1. The van der Waals surface area contributed by atoms with Gasteiger partial charge < -0.3 is 9.47 Å². The van der Waals surface area contributed by atoms with E-state index in [0.29, 0.717) is 6.42 Å². The van der Waals surface area contributed by atoms with Crippen molar-refractivity contribution in [3.05, 3.63) is 63.2 Å². The number of hydrogen-bond donors (Lipinski definition) is 0. The zero-order chi connectivity index (χ0) is 18.6. The molecule has 1 aliphatic carbocycles. The summed E-state index contributed by atoms with van der Waals surface area (Å²) in [6.07, 6.45) is 4.05. The lowest BCUT2D eigenvalue weighted by Gasteiger charge is -2.27. The second-order valence-electron chi connectivity index (χ2n) is 5.55. The van der Waals surface area contributed by atoms with E-state index in [1.165, 1.54) is 32.4 Å². The van der Waals surface area contributed by atoms with Crippen molar-refractivity contribution in [3.63, 3.8) is 0 Å². The Kier molecular flexibility index (Phi) is 5.69. The fourth-order valence-corrected chi connectivity index (χ4v) is 2.95. The molecule has 0 unspecified atom stereocenters. The predicted molar refractivity (Wildman–Crippen MR) is 89.8 cm³/mol. The maximum Gasteiger partial charge on any atom is 0.334 e. The van der Waals surface area contributed by atoms with Gasteiger partial charge in [0.1, 0.15) is 0 Å². The normalized spacial score (nSPS) is 19.5. The Morgan fingerprint density at radius 1 is 1.08 bits per heavy atom. The molecule has 1 aromatic rings. The number of para-hydroxylation sites is 1. The number of nitro groups is 1. The van der Waals surface area contributed by atoms with Gasteiger partial charge in [0.25, 0.3) is 5.69 Å². The number of nitro benzene ring substituents is 1. The lowest BCUT2D eigenvalue weighted by molar-refractivity contribution is -0.385. The van der Waals surface area contributed by atoms with Crippen LogP contribution >= 0.6 is 0 Å². The van der Waals surface area contributed by atoms with E-state index in [9.17, 15) is 19.7 Å². The summed E-state index contributed by atoms with van der Waals surface area (Å²) in [4.78, 5) is 35.5. The Labute approximate surface area is 145 Å². The molecule has 1 aromatic carbocycles. The molecule has 1 aliphatic rings. The van der Waals surface area contributed by atoms with Crippen molar-refractivity contribution in [1.29, 1.82) is 0 Å². The molecule has 7 heteroatoms. The SMILES string of the molecule is CCC1C=C(C(=O)OC)C(c2ccccc2[N+](=O)[O-])C(C(=O)OC)=C1. The lowest BCUT2D eigenvalue weighted by atomic mass is 9.77. The van der Waals surface area contributed by atoms with Crippen molar-refractivity contribution in [3.8, 4) is 0 Å². The van der Waals surface area contributed by atoms with E-state index < -0.39 is 22.8 Å². The largest absolute Gasteiger partial charge is 0.466 e. The highest BCUT2D eigenvalue weighted by atomic mass is 16.6. The number of benzene rings is 1. The van der Waals surface area contributed by atoms with Crippen LogP contribution in [0.3, 0.4) is 0 Å². The van der Waals surface area contributed by atoms with Crippen LogP contribution in [0.2, 0.25) is 0 Å². The van der Waals surface area contributed by atoms with Crippen molar-refractivity contribution in [1.82, 2.24) is 0 Å². The summed E-state index contributed by atoms with van der Waals surface area (Å²) in [6, 6.07) is 6.02. The molecule has 0 heterocycles. The molecule has 0 aliphatic heterocycles. The van der Waals surface area contributed by atoms with E-state index in [4.69, 9.17) is 9.47 Å². The van der Waals surface area contributed by atoms with Gasteiger partial charge in [-0.3, -0.25) is 10.1 Å². The zero-order valence-corrected chi connectivity index (χ0v) is 14.2. The highest BCUT2D eigenvalue weighted by molar-refractivity contribution is 5.99. The maximum atomic E-state index is 12.3. The minimum absolute atomic E-state index is 0.165. The van der Waals surface area contributed by atoms with Gasteiger partial charge in [0.15, 0.2) is 0 Å². The fourth-order valence-electron chi connectivity index (χ4n) is 2.95. The molecule has 0 atom stereocenters. The molecular formula is C18H19NO6.